The topological polar surface area (TPSA) is 187 Å². The molecule has 13 nitrogen and oxygen atoms in total. The van der Waals surface area contributed by atoms with Crippen LogP contribution in [0.4, 0.5) is 32.2 Å². The van der Waals surface area contributed by atoms with Crippen LogP contribution in [0, 0.1) is 13.8 Å². The lowest BCUT2D eigenvalue weighted by Crippen LogP contribution is -2.22. The Morgan fingerprint density at radius 3 is 2.02 bits per heavy atom. The zero-order chi connectivity index (χ0) is 36.9. The van der Waals surface area contributed by atoms with E-state index in [-0.39, 0.29) is 11.9 Å². The highest BCUT2D eigenvalue weighted by atomic mass is 35.5. The summed E-state index contributed by atoms with van der Waals surface area (Å²) in [5.74, 6) is -4.69. The first kappa shape index (κ1) is 39.0. The second-order valence-electron chi connectivity index (χ2n) is 9.88. The zero-order valence-corrected chi connectivity index (χ0v) is 26.7. The van der Waals surface area contributed by atoms with Gasteiger partial charge < -0.3 is 25.6 Å². The number of carboxylic acids is 2. The van der Waals surface area contributed by atoms with Crippen molar-refractivity contribution in [1.29, 1.82) is 0 Å². The lowest BCUT2D eigenvalue weighted by molar-refractivity contribution is -0.193. The van der Waals surface area contributed by atoms with E-state index in [1.54, 1.807) is 38.2 Å². The Morgan fingerprint density at radius 2 is 1.54 bits per heavy atom. The van der Waals surface area contributed by atoms with Gasteiger partial charge in [0.1, 0.15) is 23.6 Å². The summed E-state index contributed by atoms with van der Waals surface area (Å²) in [6.07, 6.45) is -7.13. The number of aryl methyl sites for hydroxylation is 1. The molecule has 1 atom stereocenters. The van der Waals surface area contributed by atoms with E-state index in [1.807, 2.05) is 32.9 Å². The van der Waals surface area contributed by atoms with E-state index in [0.29, 0.717) is 33.3 Å². The molecule has 20 heteroatoms. The van der Waals surface area contributed by atoms with Gasteiger partial charge in [-0.3, -0.25) is 9.78 Å². The molecule has 260 valence electrons. The molecule has 1 unspecified atom stereocenters. The van der Waals surface area contributed by atoms with E-state index in [4.69, 9.17) is 41.9 Å². The van der Waals surface area contributed by atoms with Gasteiger partial charge >= 0.3 is 24.3 Å². The quantitative estimate of drug-likeness (QED) is 0.228. The van der Waals surface area contributed by atoms with Gasteiger partial charge in [0.25, 0.3) is 5.91 Å². The number of halogens is 7. The number of carbonyl (C=O) groups is 3. The van der Waals surface area contributed by atoms with Crippen molar-refractivity contribution in [2.24, 2.45) is 0 Å². The minimum atomic E-state index is -5.08. The molecule has 0 saturated carbocycles. The Morgan fingerprint density at radius 1 is 1.00 bits per heavy atom. The van der Waals surface area contributed by atoms with Gasteiger partial charge in [-0.15, -0.1) is 0 Å². The molecule has 0 radical (unpaired) electrons. The standard InChI is InChI=1S/C24H26ClN7O2.2C2HF3O2/c1-12-17(25)10-16(14(3)32-23-20(13(2)30-32)22(26)28-11-29-23)21(34-6)19(12)15-7-8-27-18(9-15)24(33)31(4)5;2*3-2(4,5)1(6)7/h7-11,14H,1-6H3,(H2,26,28,29);2*(H,6,7). The highest BCUT2D eigenvalue weighted by molar-refractivity contribution is 6.32. The van der Waals surface area contributed by atoms with Crippen LogP contribution < -0.4 is 10.5 Å². The summed E-state index contributed by atoms with van der Waals surface area (Å²) in [6, 6.07) is 5.18. The molecule has 0 aliphatic carbocycles. The van der Waals surface area contributed by atoms with Crippen molar-refractivity contribution < 1.29 is 55.7 Å². The van der Waals surface area contributed by atoms with Crippen molar-refractivity contribution in [3.8, 4) is 16.9 Å². The maximum absolute atomic E-state index is 12.5. The summed E-state index contributed by atoms with van der Waals surface area (Å²) >= 11 is 6.71. The number of hydrogen-bond acceptors (Lipinski definition) is 9. The van der Waals surface area contributed by atoms with E-state index in [1.165, 1.54) is 11.2 Å². The molecule has 0 aliphatic rings. The van der Waals surface area contributed by atoms with Crippen molar-refractivity contribution in [3.63, 3.8) is 0 Å². The number of aromatic nitrogens is 5. The Hall–Kier alpha value is -5.20. The monoisotopic (exact) mass is 707 g/mol. The van der Waals surface area contributed by atoms with Crippen LogP contribution in [-0.4, -0.2) is 91.2 Å². The average molecular weight is 708 g/mol. The number of benzene rings is 1. The molecule has 0 spiro atoms. The minimum absolute atomic E-state index is 0.190. The number of nitrogen functional groups attached to an aromatic ring is 1. The first-order valence-corrected chi connectivity index (χ1v) is 13.5. The van der Waals surface area contributed by atoms with Crippen LogP contribution in [0.15, 0.2) is 30.7 Å². The summed E-state index contributed by atoms with van der Waals surface area (Å²) in [7, 11) is 4.99. The average Bonchev–Trinajstić information content (AvgIpc) is 3.34. The van der Waals surface area contributed by atoms with Crippen molar-refractivity contribution in [3.05, 3.63) is 58.3 Å². The number of carbonyl (C=O) groups excluding carboxylic acids is 1. The van der Waals surface area contributed by atoms with Gasteiger partial charge in [0, 0.05) is 36.4 Å². The number of ether oxygens (including phenoxy) is 1. The number of alkyl halides is 6. The molecule has 1 aromatic carbocycles. The second kappa shape index (κ2) is 15.1. The number of methoxy groups -OCH3 is 1. The van der Waals surface area contributed by atoms with Gasteiger partial charge in [-0.2, -0.15) is 31.4 Å². The van der Waals surface area contributed by atoms with E-state index in [0.717, 1.165) is 27.9 Å². The van der Waals surface area contributed by atoms with Crippen molar-refractivity contribution >= 4 is 46.3 Å². The summed E-state index contributed by atoms with van der Waals surface area (Å²) < 4.78 is 71.2. The fraction of sp³-hybridized carbons (Fsp3) is 0.321. The van der Waals surface area contributed by atoms with Crippen molar-refractivity contribution in [2.75, 3.05) is 26.9 Å². The van der Waals surface area contributed by atoms with Crippen molar-refractivity contribution in [2.45, 2.75) is 39.2 Å². The molecular weight excluding hydrogens is 680 g/mol. The molecule has 1 amide bonds. The second-order valence-corrected chi connectivity index (χ2v) is 10.3. The Labute approximate surface area is 272 Å². The number of anilines is 1. The van der Waals surface area contributed by atoms with Gasteiger partial charge in [-0.05, 0) is 50.1 Å². The minimum Gasteiger partial charge on any atom is -0.496 e. The van der Waals surface area contributed by atoms with Crippen molar-refractivity contribution in [1.82, 2.24) is 29.6 Å². The molecule has 4 rings (SSSR count). The summed E-state index contributed by atoms with van der Waals surface area (Å²) in [6.45, 7) is 5.78. The number of aliphatic carboxylic acids is 2. The van der Waals surface area contributed by atoms with E-state index < -0.39 is 24.3 Å². The normalized spacial score (nSPS) is 11.9. The summed E-state index contributed by atoms with van der Waals surface area (Å²) in [5, 5.41) is 20.2. The zero-order valence-electron chi connectivity index (χ0n) is 25.9. The van der Waals surface area contributed by atoms with Gasteiger partial charge in [0.2, 0.25) is 0 Å². The number of nitrogens with zero attached hydrogens (tertiary/aromatic N) is 6. The maximum Gasteiger partial charge on any atom is 0.490 e. The first-order chi connectivity index (χ1) is 22.0. The number of fused-ring (bicyclic) bond motifs is 1. The van der Waals surface area contributed by atoms with Crippen LogP contribution in [0.1, 0.15) is 40.3 Å². The molecular formula is C28H28ClF6N7O6. The van der Waals surface area contributed by atoms with Gasteiger partial charge in [0.15, 0.2) is 5.65 Å². The Bertz CT molecular complexity index is 1810. The van der Waals surface area contributed by atoms with Crippen LogP contribution >= 0.6 is 11.6 Å². The number of rotatable bonds is 5. The lowest BCUT2D eigenvalue weighted by atomic mass is 9.94. The van der Waals surface area contributed by atoms with Gasteiger partial charge in [-0.25, -0.2) is 24.2 Å². The van der Waals surface area contributed by atoms with E-state index in [9.17, 15) is 31.1 Å². The van der Waals surface area contributed by atoms with Crippen LogP contribution in [-0.2, 0) is 9.59 Å². The third kappa shape index (κ3) is 8.99. The highest BCUT2D eigenvalue weighted by Crippen LogP contribution is 2.43. The largest absolute Gasteiger partial charge is 0.496 e. The van der Waals surface area contributed by atoms with E-state index >= 15 is 0 Å². The number of carboxylic acid groups (broad SMARTS) is 2. The number of pyridine rings is 1. The number of hydrogen-bond donors (Lipinski definition) is 3. The third-order valence-electron chi connectivity index (χ3n) is 6.38. The molecule has 0 bridgehead atoms. The fourth-order valence-corrected chi connectivity index (χ4v) is 4.34. The molecule has 4 aromatic rings. The molecule has 0 saturated heterocycles. The first-order valence-electron chi connectivity index (χ1n) is 13.1. The Balaban J connectivity index is 0.000000479. The maximum atomic E-state index is 12.5. The highest BCUT2D eigenvalue weighted by Gasteiger charge is 2.39. The number of nitrogens with two attached hydrogens (primary N) is 1. The predicted molar refractivity (Wildman–Crippen MR) is 160 cm³/mol. The van der Waals surface area contributed by atoms with Crippen LogP contribution in [0.5, 0.6) is 5.75 Å². The summed E-state index contributed by atoms with van der Waals surface area (Å²) in [4.78, 5) is 44.5. The molecule has 0 fully saturated rings. The fourth-order valence-electron chi connectivity index (χ4n) is 4.13. The number of amides is 1. The lowest BCUT2D eigenvalue weighted by Gasteiger charge is -2.22. The molecule has 0 aliphatic heterocycles. The molecule has 48 heavy (non-hydrogen) atoms. The van der Waals surface area contributed by atoms with Crippen LogP contribution in [0.2, 0.25) is 5.02 Å². The van der Waals surface area contributed by atoms with E-state index in [2.05, 4.69) is 20.1 Å². The third-order valence-corrected chi connectivity index (χ3v) is 6.77. The smallest absolute Gasteiger partial charge is 0.490 e. The molecule has 3 aromatic heterocycles. The molecule has 3 heterocycles. The Kier molecular flexibility index (Phi) is 12.3. The van der Waals surface area contributed by atoms with Gasteiger partial charge in [0.05, 0.1) is 24.2 Å². The predicted octanol–water partition coefficient (Wildman–Crippen LogP) is 5.33. The van der Waals surface area contributed by atoms with Crippen LogP contribution in [0.3, 0.4) is 0 Å². The summed E-state index contributed by atoms with van der Waals surface area (Å²) in [5.41, 5.74) is 11.0. The van der Waals surface area contributed by atoms with Crippen LogP contribution in [0.25, 0.3) is 22.2 Å². The SMILES string of the molecule is COc1c(C(C)n2nc(C)c3c(N)ncnc32)cc(Cl)c(C)c1-c1ccnc(C(=O)N(C)C)c1.O=C(O)C(F)(F)F.O=C(O)C(F)(F)F. The molecule has 4 N–H and O–H groups in total. The van der Waals surface area contributed by atoms with Gasteiger partial charge in [-0.1, -0.05) is 11.6 Å².